The van der Waals surface area contributed by atoms with Crippen LogP contribution < -0.4 is 5.32 Å². The lowest BCUT2D eigenvalue weighted by molar-refractivity contribution is -0.124. The van der Waals surface area contributed by atoms with Crippen LogP contribution in [0, 0.1) is 12.8 Å². The molecule has 4 unspecified atom stereocenters. The van der Waals surface area contributed by atoms with Gasteiger partial charge in [0.05, 0.1) is 12.1 Å². The Hall–Kier alpha value is -0.870. The van der Waals surface area contributed by atoms with Gasteiger partial charge in [0.25, 0.3) is 0 Å². The van der Waals surface area contributed by atoms with E-state index in [0.717, 1.165) is 32.1 Å². The fourth-order valence-electron chi connectivity index (χ4n) is 3.02. The molecule has 4 heteroatoms. The molecule has 1 amide bonds. The van der Waals surface area contributed by atoms with Crippen molar-refractivity contribution in [3.8, 4) is 0 Å². The van der Waals surface area contributed by atoms with Gasteiger partial charge in [0.2, 0.25) is 5.91 Å². The molecular formula is C15H21NO2S. The molecule has 1 aromatic rings. The highest BCUT2D eigenvalue weighted by Gasteiger charge is 2.45. The third-order valence-electron chi connectivity index (χ3n) is 4.31. The summed E-state index contributed by atoms with van der Waals surface area (Å²) in [5.41, 5.74) is 0. The third-order valence-corrected chi connectivity index (χ3v) is 5.44. The number of nitrogens with one attached hydrogen (secondary N) is 1. The molecule has 0 aliphatic heterocycles. The predicted molar refractivity (Wildman–Crippen MR) is 76.3 cm³/mol. The number of amides is 1. The summed E-state index contributed by atoms with van der Waals surface area (Å²) in [4.78, 5) is 14.8. The molecule has 4 atom stereocenters. The minimum Gasteiger partial charge on any atom is -0.391 e. The summed E-state index contributed by atoms with van der Waals surface area (Å²) in [5, 5.41) is 12.9. The number of hydrogen-bond donors (Lipinski definition) is 2. The number of carbonyl (C=O) groups is 1. The highest BCUT2D eigenvalue weighted by atomic mass is 32.1. The first-order valence-corrected chi connectivity index (χ1v) is 8.01. The van der Waals surface area contributed by atoms with E-state index in [1.165, 1.54) is 9.75 Å². The topological polar surface area (TPSA) is 49.3 Å². The van der Waals surface area contributed by atoms with Gasteiger partial charge < -0.3 is 10.4 Å². The molecule has 2 aliphatic rings. The minimum atomic E-state index is -0.348. The van der Waals surface area contributed by atoms with E-state index in [-0.39, 0.29) is 24.0 Å². The number of hydrogen-bond acceptors (Lipinski definition) is 3. The number of rotatable bonds is 3. The molecule has 0 saturated heterocycles. The monoisotopic (exact) mass is 279 g/mol. The van der Waals surface area contributed by atoms with Crippen molar-refractivity contribution < 1.29 is 9.90 Å². The molecule has 3 nitrogen and oxygen atoms in total. The lowest BCUT2D eigenvalue weighted by atomic mass is 9.92. The summed E-state index contributed by atoms with van der Waals surface area (Å²) >= 11 is 1.80. The quantitative estimate of drug-likeness (QED) is 0.893. The van der Waals surface area contributed by atoms with Crippen molar-refractivity contribution >= 4 is 17.2 Å². The van der Waals surface area contributed by atoms with Crippen molar-refractivity contribution in [2.75, 3.05) is 0 Å². The van der Waals surface area contributed by atoms with Gasteiger partial charge in [-0.25, -0.2) is 0 Å². The highest BCUT2D eigenvalue weighted by Crippen LogP contribution is 2.49. The van der Waals surface area contributed by atoms with Gasteiger partial charge in [-0.15, -0.1) is 11.3 Å². The molecule has 104 valence electrons. The number of aryl methyl sites for hydroxylation is 1. The highest BCUT2D eigenvalue weighted by molar-refractivity contribution is 7.12. The minimum absolute atomic E-state index is 0.0208. The van der Waals surface area contributed by atoms with Crippen molar-refractivity contribution in [2.45, 2.75) is 57.1 Å². The van der Waals surface area contributed by atoms with Crippen molar-refractivity contribution in [1.29, 1.82) is 0 Å². The van der Waals surface area contributed by atoms with Crippen LogP contribution in [0.4, 0.5) is 0 Å². The molecule has 1 aromatic heterocycles. The molecule has 0 radical (unpaired) electrons. The van der Waals surface area contributed by atoms with Gasteiger partial charge in [-0.3, -0.25) is 4.79 Å². The van der Waals surface area contributed by atoms with E-state index >= 15 is 0 Å². The maximum absolute atomic E-state index is 12.2. The molecule has 19 heavy (non-hydrogen) atoms. The number of aliphatic hydroxyl groups is 1. The van der Waals surface area contributed by atoms with Crippen LogP contribution in [0.5, 0.6) is 0 Å². The number of thiophene rings is 1. The van der Waals surface area contributed by atoms with Gasteiger partial charge in [-0.1, -0.05) is 12.8 Å². The summed E-state index contributed by atoms with van der Waals surface area (Å²) in [5.74, 6) is 0.689. The summed E-state index contributed by atoms with van der Waals surface area (Å²) < 4.78 is 0. The molecule has 0 aromatic carbocycles. The van der Waals surface area contributed by atoms with Crippen LogP contribution in [0.15, 0.2) is 12.1 Å². The molecule has 3 rings (SSSR count). The van der Waals surface area contributed by atoms with E-state index in [2.05, 4.69) is 24.4 Å². The Labute approximate surface area is 118 Å². The van der Waals surface area contributed by atoms with Gasteiger partial charge in [0.15, 0.2) is 0 Å². The van der Waals surface area contributed by atoms with Crippen LogP contribution in [0.1, 0.15) is 47.8 Å². The second kappa shape index (κ2) is 5.25. The lowest BCUT2D eigenvalue weighted by Crippen LogP contribution is -2.45. The van der Waals surface area contributed by atoms with Gasteiger partial charge in [-0.2, -0.15) is 0 Å². The van der Waals surface area contributed by atoms with Crippen LogP contribution in [-0.2, 0) is 4.79 Å². The van der Waals surface area contributed by atoms with E-state index in [0.29, 0.717) is 5.92 Å². The number of carbonyl (C=O) groups excluding carboxylic acids is 1. The van der Waals surface area contributed by atoms with E-state index in [1.54, 1.807) is 11.3 Å². The molecular weight excluding hydrogens is 258 g/mol. The van der Waals surface area contributed by atoms with Gasteiger partial charge in [0.1, 0.15) is 0 Å². The standard InChI is InChI=1S/C15H21NO2S/c1-9-6-7-14(19-9)10-8-11(10)15(18)16-12-4-2-3-5-13(12)17/h6-7,10-13,17H,2-5,8H2,1H3,(H,16,18). The zero-order valence-corrected chi connectivity index (χ0v) is 12.1. The smallest absolute Gasteiger partial charge is 0.224 e. The van der Waals surface area contributed by atoms with Gasteiger partial charge >= 0.3 is 0 Å². The zero-order valence-electron chi connectivity index (χ0n) is 11.3. The lowest BCUT2D eigenvalue weighted by Gasteiger charge is -2.28. The number of aliphatic hydroxyl groups excluding tert-OH is 1. The maximum atomic E-state index is 12.2. The van der Waals surface area contributed by atoms with E-state index in [4.69, 9.17) is 0 Å². The fraction of sp³-hybridized carbons (Fsp3) is 0.667. The van der Waals surface area contributed by atoms with Gasteiger partial charge in [-0.05, 0) is 38.3 Å². The second-order valence-corrected chi connectivity index (χ2v) is 7.18. The van der Waals surface area contributed by atoms with Crippen molar-refractivity contribution in [2.24, 2.45) is 5.92 Å². The molecule has 2 saturated carbocycles. The van der Waals surface area contributed by atoms with Crippen molar-refractivity contribution in [3.63, 3.8) is 0 Å². The van der Waals surface area contributed by atoms with Crippen LogP contribution in [-0.4, -0.2) is 23.2 Å². The van der Waals surface area contributed by atoms with Crippen LogP contribution in [0.2, 0.25) is 0 Å². The molecule has 0 bridgehead atoms. The van der Waals surface area contributed by atoms with Crippen LogP contribution in [0.25, 0.3) is 0 Å². The predicted octanol–water partition coefficient (Wildman–Crippen LogP) is 2.58. The van der Waals surface area contributed by atoms with Gasteiger partial charge in [0, 0.05) is 21.6 Å². The first-order valence-electron chi connectivity index (χ1n) is 7.20. The first-order chi connectivity index (χ1) is 9.15. The Bertz CT molecular complexity index is 470. The maximum Gasteiger partial charge on any atom is 0.224 e. The van der Waals surface area contributed by atoms with Crippen LogP contribution >= 0.6 is 11.3 Å². The first kappa shape index (κ1) is 13.1. The Balaban J connectivity index is 1.55. The van der Waals surface area contributed by atoms with Crippen molar-refractivity contribution in [3.05, 3.63) is 21.9 Å². The SMILES string of the molecule is Cc1ccc(C2CC2C(=O)NC2CCCCC2O)s1. The van der Waals surface area contributed by atoms with E-state index in [9.17, 15) is 9.90 Å². The molecule has 2 aliphatic carbocycles. The summed E-state index contributed by atoms with van der Waals surface area (Å²) in [6.07, 6.45) is 4.55. The Morgan fingerprint density at radius 3 is 2.84 bits per heavy atom. The fourth-order valence-corrected chi connectivity index (χ4v) is 4.08. The molecule has 1 heterocycles. The second-order valence-electron chi connectivity index (χ2n) is 5.86. The molecule has 2 fully saturated rings. The summed E-state index contributed by atoms with van der Waals surface area (Å²) in [6.45, 7) is 2.10. The van der Waals surface area contributed by atoms with Crippen molar-refractivity contribution in [1.82, 2.24) is 5.32 Å². The average molecular weight is 279 g/mol. The molecule has 0 spiro atoms. The van der Waals surface area contributed by atoms with E-state index in [1.807, 2.05) is 0 Å². The normalized spacial score (nSPS) is 34.0. The summed E-state index contributed by atoms with van der Waals surface area (Å²) in [6, 6.07) is 4.25. The summed E-state index contributed by atoms with van der Waals surface area (Å²) in [7, 11) is 0. The average Bonchev–Trinajstić information content (AvgIpc) is 3.08. The Morgan fingerprint density at radius 1 is 1.37 bits per heavy atom. The molecule has 2 N–H and O–H groups in total. The third kappa shape index (κ3) is 2.84. The largest absolute Gasteiger partial charge is 0.391 e. The van der Waals surface area contributed by atoms with E-state index < -0.39 is 0 Å². The van der Waals surface area contributed by atoms with Crippen LogP contribution in [0.3, 0.4) is 0 Å². The Morgan fingerprint density at radius 2 is 2.16 bits per heavy atom. The Kier molecular flexibility index (Phi) is 3.63. The zero-order chi connectivity index (χ0) is 13.4.